The quantitative estimate of drug-likeness (QED) is 0.576. The number of hydrogen-bond acceptors (Lipinski definition) is 4. The van der Waals surface area contributed by atoms with Gasteiger partial charge in [-0.25, -0.2) is 9.77 Å². The molecule has 0 spiro atoms. The fourth-order valence-corrected chi connectivity index (χ4v) is 2.54. The first-order chi connectivity index (χ1) is 11.1. The van der Waals surface area contributed by atoms with Crippen molar-refractivity contribution < 1.29 is 0 Å². The Morgan fingerprint density at radius 1 is 1.13 bits per heavy atom. The van der Waals surface area contributed by atoms with Crippen LogP contribution in [0.2, 0.25) is 0 Å². The molecule has 0 saturated carbocycles. The number of aromatic amines is 1. The minimum atomic E-state index is 0.403. The van der Waals surface area contributed by atoms with E-state index in [4.69, 9.17) is 24.4 Å². The molecule has 116 valence electrons. The maximum absolute atomic E-state index is 5.33. The summed E-state index contributed by atoms with van der Waals surface area (Å²) < 4.78 is 3.02. The summed E-state index contributed by atoms with van der Waals surface area (Å²) in [5.41, 5.74) is 4.76. The Morgan fingerprint density at radius 3 is 2.52 bits per heavy atom. The van der Waals surface area contributed by atoms with E-state index in [-0.39, 0.29) is 0 Å². The first-order valence-corrected chi connectivity index (χ1v) is 8.16. The van der Waals surface area contributed by atoms with E-state index in [2.05, 4.69) is 41.9 Å². The Hall–Kier alpha value is -2.10. The average Bonchev–Trinajstić information content (AvgIpc) is 2.91. The van der Waals surface area contributed by atoms with E-state index in [9.17, 15) is 0 Å². The minimum Gasteiger partial charge on any atom is -0.331 e. The smallest absolute Gasteiger partial charge is 0.215 e. The lowest BCUT2D eigenvalue weighted by Gasteiger charge is -2.12. The second-order valence-corrected chi connectivity index (χ2v) is 6.21. The molecule has 0 unspecified atom stereocenters. The van der Waals surface area contributed by atoms with Gasteiger partial charge in [0.05, 0.1) is 0 Å². The number of hydrogen-bond donors (Lipinski definition) is 3. The molecule has 0 saturated heterocycles. The Labute approximate surface area is 151 Å². The first kappa shape index (κ1) is 15.8. The highest BCUT2D eigenvalue weighted by molar-refractivity contribution is 9.10. The zero-order valence-corrected chi connectivity index (χ0v) is 14.9. The van der Waals surface area contributed by atoms with Gasteiger partial charge in [0.2, 0.25) is 4.77 Å². The van der Waals surface area contributed by atoms with Gasteiger partial charge in [0.1, 0.15) is 0 Å². The van der Waals surface area contributed by atoms with Gasteiger partial charge in [0, 0.05) is 28.1 Å². The van der Waals surface area contributed by atoms with Crippen LogP contribution in [-0.4, -0.2) is 25.0 Å². The fourth-order valence-electron chi connectivity index (χ4n) is 1.89. The summed E-state index contributed by atoms with van der Waals surface area (Å²) in [7, 11) is 0. The number of rotatable bonds is 3. The van der Waals surface area contributed by atoms with Crippen LogP contribution in [0.15, 0.2) is 53.3 Å². The van der Waals surface area contributed by atoms with Crippen LogP contribution < -0.4 is 10.7 Å². The van der Waals surface area contributed by atoms with E-state index in [1.54, 1.807) is 17.1 Å². The molecule has 0 aliphatic heterocycles. The lowest BCUT2D eigenvalue weighted by atomic mass is 10.2. The lowest BCUT2D eigenvalue weighted by molar-refractivity contribution is 0.962. The van der Waals surface area contributed by atoms with Gasteiger partial charge in [-0.15, -0.1) is 0 Å². The molecule has 6 nitrogen and oxygen atoms in total. The van der Waals surface area contributed by atoms with Crippen LogP contribution in [0.3, 0.4) is 0 Å². The molecule has 1 aromatic carbocycles. The Bertz CT molecular complexity index is 872. The van der Waals surface area contributed by atoms with Gasteiger partial charge in [-0.2, -0.15) is 5.10 Å². The topological polar surface area (TPSA) is 70.6 Å². The molecule has 3 N–H and O–H groups in total. The minimum absolute atomic E-state index is 0.403. The monoisotopic (exact) mass is 406 g/mol. The van der Waals surface area contributed by atoms with Crippen molar-refractivity contribution in [1.29, 1.82) is 0 Å². The molecule has 0 bridgehead atoms. The maximum Gasteiger partial charge on any atom is 0.215 e. The van der Waals surface area contributed by atoms with E-state index in [0.717, 1.165) is 15.7 Å². The van der Waals surface area contributed by atoms with Crippen molar-refractivity contribution in [3.05, 3.63) is 58.0 Å². The van der Waals surface area contributed by atoms with Crippen LogP contribution in [0, 0.1) is 4.77 Å². The molecule has 3 aromatic rings. The number of halogens is 1. The number of pyridine rings is 1. The van der Waals surface area contributed by atoms with Crippen LogP contribution >= 0.6 is 40.4 Å². The van der Waals surface area contributed by atoms with E-state index < -0.39 is 0 Å². The summed E-state index contributed by atoms with van der Waals surface area (Å²) in [5.74, 6) is 0.623. The summed E-state index contributed by atoms with van der Waals surface area (Å²) in [6.45, 7) is 0. The van der Waals surface area contributed by atoms with Crippen molar-refractivity contribution in [3.8, 4) is 11.4 Å². The van der Waals surface area contributed by atoms with Crippen molar-refractivity contribution in [2.75, 3.05) is 10.7 Å². The highest BCUT2D eigenvalue weighted by Crippen LogP contribution is 2.16. The summed E-state index contributed by atoms with van der Waals surface area (Å²) in [6.07, 6.45) is 3.38. The Kier molecular flexibility index (Phi) is 4.79. The normalized spacial score (nSPS) is 10.3. The number of aromatic nitrogens is 4. The van der Waals surface area contributed by atoms with Crippen LogP contribution in [0.25, 0.3) is 11.4 Å². The molecule has 9 heteroatoms. The molecule has 0 fully saturated rings. The van der Waals surface area contributed by atoms with Gasteiger partial charge in [-0.1, -0.05) is 15.9 Å². The summed E-state index contributed by atoms with van der Waals surface area (Å²) >= 11 is 14.0. The standard InChI is InChI=1S/C14H11BrN6S2/c15-10-1-3-11(4-2-10)17-13(22)20-21-12(18-19-14(21)23)9-5-7-16-8-6-9/h1-8H,(H,19,23)(H2,17,20,22). The fraction of sp³-hybridized carbons (Fsp3) is 0. The molecule has 0 atom stereocenters. The molecule has 0 aliphatic carbocycles. The Balaban J connectivity index is 1.80. The molecule has 0 amide bonds. The third-order valence-corrected chi connectivity index (χ3v) is 3.92. The van der Waals surface area contributed by atoms with Gasteiger partial charge in [-0.05, 0) is 60.8 Å². The van der Waals surface area contributed by atoms with E-state index in [0.29, 0.717) is 15.7 Å². The van der Waals surface area contributed by atoms with Gasteiger partial charge in [0.25, 0.3) is 0 Å². The molecule has 23 heavy (non-hydrogen) atoms. The maximum atomic E-state index is 5.33. The van der Waals surface area contributed by atoms with Crippen LogP contribution in [-0.2, 0) is 0 Å². The van der Waals surface area contributed by atoms with Crippen LogP contribution in [0.1, 0.15) is 0 Å². The van der Waals surface area contributed by atoms with Crippen molar-refractivity contribution in [3.63, 3.8) is 0 Å². The second-order valence-electron chi connectivity index (χ2n) is 4.50. The number of thiocarbonyl (C=S) groups is 1. The largest absolute Gasteiger partial charge is 0.331 e. The van der Waals surface area contributed by atoms with Crippen LogP contribution in [0.4, 0.5) is 5.69 Å². The van der Waals surface area contributed by atoms with Gasteiger partial charge >= 0.3 is 0 Å². The molecule has 3 rings (SSSR count). The number of benzene rings is 1. The summed E-state index contributed by atoms with van der Waals surface area (Å²) in [5, 5.41) is 10.5. The van der Waals surface area contributed by atoms with Gasteiger partial charge in [0.15, 0.2) is 10.9 Å². The molecule has 0 aliphatic rings. The highest BCUT2D eigenvalue weighted by atomic mass is 79.9. The second kappa shape index (κ2) is 6.99. The molecule has 2 heterocycles. The molecule has 2 aromatic heterocycles. The third kappa shape index (κ3) is 3.81. The Morgan fingerprint density at radius 2 is 1.83 bits per heavy atom. The zero-order valence-electron chi connectivity index (χ0n) is 11.7. The van der Waals surface area contributed by atoms with Crippen molar-refractivity contribution in [1.82, 2.24) is 19.9 Å². The van der Waals surface area contributed by atoms with Gasteiger partial charge in [-0.3, -0.25) is 10.4 Å². The predicted octanol–water partition coefficient (Wildman–Crippen LogP) is 3.71. The first-order valence-electron chi connectivity index (χ1n) is 6.55. The number of anilines is 1. The zero-order chi connectivity index (χ0) is 16.2. The summed E-state index contributed by atoms with van der Waals surface area (Å²) in [6, 6.07) is 11.4. The van der Waals surface area contributed by atoms with Crippen LogP contribution in [0.5, 0.6) is 0 Å². The number of nitrogens with zero attached hydrogens (tertiary/aromatic N) is 3. The van der Waals surface area contributed by atoms with Crippen molar-refractivity contribution in [2.45, 2.75) is 0 Å². The molecular formula is C14H11BrN6S2. The predicted molar refractivity (Wildman–Crippen MR) is 100 cm³/mol. The third-order valence-electron chi connectivity index (χ3n) is 2.93. The number of H-pyrrole nitrogens is 1. The number of nitrogens with one attached hydrogen (secondary N) is 3. The van der Waals surface area contributed by atoms with Crippen molar-refractivity contribution in [2.24, 2.45) is 0 Å². The summed E-state index contributed by atoms with van der Waals surface area (Å²) in [4.78, 5) is 4.00. The van der Waals surface area contributed by atoms with E-state index >= 15 is 0 Å². The molecular weight excluding hydrogens is 396 g/mol. The van der Waals surface area contributed by atoms with Gasteiger partial charge < -0.3 is 5.32 Å². The highest BCUT2D eigenvalue weighted by Gasteiger charge is 2.10. The van der Waals surface area contributed by atoms with E-state index in [1.165, 1.54) is 0 Å². The molecule has 0 radical (unpaired) electrons. The van der Waals surface area contributed by atoms with Crippen molar-refractivity contribution >= 4 is 51.2 Å². The van der Waals surface area contributed by atoms with E-state index in [1.807, 2.05) is 36.4 Å². The lowest BCUT2D eigenvalue weighted by Crippen LogP contribution is -2.28. The SMILES string of the molecule is S=C(Nc1ccc(Br)cc1)Nn1c(-c2ccncc2)n[nH]c1=S. The average molecular weight is 407 g/mol.